The van der Waals surface area contributed by atoms with Gasteiger partial charge in [-0.1, -0.05) is 27.7 Å². The van der Waals surface area contributed by atoms with E-state index in [-0.39, 0.29) is 0 Å². The molecule has 1 saturated heterocycles. The third-order valence-electron chi connectivity index (χ3n) is 4.00. The van der Waals surface area contributed by atoms with Crippen molar-refractivity contribution in [2.75, 3.05) is 19.7 Å². The Morgan fingerprint density at radius 3 is 2.41 bits per heavy atom. The molecule has 0 radical (unpaired) electrons. The molecule has 1 aliphatic rings. The highest BCUT2D eigenvalue weighted by atomic mass is 16.5. The summed E-state index contributed by atoms with van der Waals surface area (Å²) in [4.78, 5) is 0. The van der Waals surface area contributed by atoms with E-state index in [4.69, 9.17) is 4.74 Å². The fourth-order valence-electron chi connectivity index (χ4n) is 2.84. The fourth-order valence-corrected chi connectivity index (χ4v) is 2.84. The largest absolute Gasteiger partial charge is 0.378 e. The van der Waals surface area contributed by atoms with Gasteiger partial charge >= 0.3 is 0 Å². The third kappa shape index (κ3) is 5.87. The van der Waals surface area contributed by atoms with Gasteiger partial charge in [0.1, 0.15) is 0 Å². The molecule has 17 heavy (non-hydrogen) atoms. The summed E-state index contributed by atoms with van der Waals surface area (Å²) in [6, 6.07) is 0. The van der Waals surface area contributed by atoms with E-state index in [0.717, 1.165) is 30.9 Å². The average Bonchev–Trinajstić information content (AvgIpc) is 2.74. The molecule has 1 N–H and O–H groups in total. The Labute approximate surface area is 108 Å². The van der Waals surface area contributed by atoms with E-state index in [0.29, 0.717) is 6.10 Å². The van der Waals surface area contributed by atoms with Gasteiger partial charge in [-0.3, -0.25) is 0 Å². The van der Waals surface area contributed by atoms with Crippen LogP contribution in [0.15, 0.2) is 0 Å². The predicted octanol–water partition coefficient (Wildman–Crippen LogP) is 3.46. The normalized spacial score (nSPS) is 21.0. The molecule has 0 aromatic heterocycles. The quantitative estimate of drug-likeness (QED) is 0.657. The summed E-state index contributed by atoms with van der Waals surface area (Å²) < 4.78 is 5.63. The molecule has 2 nitrogen and oxygen atoms in total. The molecule has 1 aliphatic heterocycles. The molecule has 0 bridgehead atoms. The SMILES string of the molecule is CC(C)C(CNCCCC1CCCO1)C(C)C. The van der Waals surface area contributed by atoms with E-state index in [2.05, 4.69) is 33.0 Å². The minimum Gasteiger partial charge on any atom is -0.378 e. The van der Waals surface area contributed by atoms with Gasteiger partial charge < -0.3 is 10.1 Å². The van der Waals surface area contributed by atoms with Gasteiger partial charge in [0, 0.05) is 6.61 Å². The summed E-state index contributed by atoms with van der Waals surface area (Å²) in [5.74, 6) is 2.36. The van der Waals surface area contributed by atoms with E-state index < -0.39 is 0 Å². The van der Waals surface area contributed by atoms with Crippen LogP contribution in [0, 0.1) is 17.8 Å². The van der Waals surface area contributed by atoms with Crippen molar-refractivity contribution < 1.29 is 4.74 Å². The second-order valence-electron chi connectivity index (χ2n) is 6.13. The van der Waals surface area contributed by atoms with Crippen molar-refractivity contribution in [2.24, 2.45) is 17.8 Å². The lowest BCUT2D eigenvalue weighted by Gasteiger charge is -2.25. The lowest BCUT2D eigenvalue weighted by Crippen LogP contribution is -2.30. The van der Waals surface area contributed by atoms with Crippen molar-refractivity contribution in [1.82, 2.24) is 5.32 Å². The van der Waals surface area contributed by atoms with Gasteiger partial charge in [0.25, 0.3) is 0 Å². The van der Waals surface area contributed by atoms with Gasteiger partial charge in [-0.05, 0) is 56.5 Å². The Kier molecular flexibility index (Phi) is 7.14. The first-order valence-corrected chi connectivity index (χ1v) is 7.43. The standard InChI is InChI=1S/C15H31NO/c1-12(2)15(13(3)4)11-16-9-5-7-14-8-6-10-17-14/h12-16H,5-11H2,1-4H3. The summed E-state index contributed by atoms with van der Waals surface area (Å²) >= 11 is 0. The van der Waals surface area contributed by atoms with Crippen molar-refractivity contribution in [3.8, 4) is 0 Å². The van der Waals surface area contributed by atoms with Crippen molar-refractivity contribution in [3.63, 3.8) is 0 Å². The van der Waals surface area contributed by atoms with Crippen molar-refractivity contribution in [1.29, 1.82) is 0 Å². The molecule has 1 fully saturated rings. The van der Waals surface area contributed by atoms with Crippen LogP contribution in [-0.2, 0) is 4.74 Å². The third-order valence-corrected chi connectivity index (χ3v) is 4.00. The summed E-state index contributed by atoms with van der Waals surface area (Å²) in [6.07, 6.45) is 5.60. The molecule has 0 aromatic carbocycles. The zero-order valence-electron chi connectivity index (χ0n) is 12.2. The summed E-state index contributed by atoms with van der Waals surface area (Å²) in [6.45, 7) is 12.6. The molecule has 0 aliphatic carbocycles. The van der Waals surface area contributed by atoms with Gasteiger partial charge in [-0.2, -0.15) is 0 Å². The van der Waals surface area contributed by atoms with Crippen molar-refractivity contribution in [2.45, 2.75) is 59.5 Å². The predicted molar refractivity (Wildman–Crippen MR) is 74.2 cm³/mol. The molecule has 1 heterocycles. The fraction of sp³-hybridized carbons (Fsp3) is 1.00. The van der Waals surface area contributed by atoms with Gasteiger partial charge in [-0.15, -0.1) is 0 Å². The molecule has 0 spiro atoms. The van der Waals surface area contributed by atoms with E-state index in [1.807, 2.05) is 0 Å². The monoisotopic (exact) mass is 241 g/mol. The first-order chi connectivity index (χ1) is 8.11. The second kappa shape index (κ2) is 8.10. The molecule has 2 heteroatoms. The zero-order chi connectivity index (χ0) is 12.7. The van der Waals surface area contributed by atoms with Gasteiger partial charge in [-0.25, -0.2) is 0 Å². The maximum atomic E-state index is 5.63. The molecule has 102 valence electrons. The molecular formula is C15H31NO. The van der Waals surface area contributed by atoms with Gasteiger partial charge in [0.2, 0.25) is 0 Å². The van der Waals surface area contributed by atoms with Crippen LogP contribution in [0.2, 0.25) is 0 Å². The minimum atomic E-state index is 0.558. The highest BCUT2D eigenvalue weighted by molar-refractivity contribution is 4.70. The maximum Gasteiger partial charge on any atom is 0.0576 e. The van der Waals surface area contributed by atoms with Crippen molar-refractivity contribution >= 4 is 0 Å². The van der Waals surface area contributed by atoms with Crippen LogP contribution in [0.1, 0.15) is 53.4 Å². The van der Waals surface area contributed by atoms with Gasteiger partial charge in [0.05, 0.1) is 6.10 Å². The van der Waals surface area contributed by atoms with Crippen LogP contribution in [0.5, 0.6) is 0 Å². The number of rotatable bonds is 8. The van der Waals surface area contributed by atoms with Gasteiger partial charge in [0.15, 0.2) is 0 Å². The smallest absolute Gasteiger partial charge is 0.0576 e. The van der Waals surface area contributed by atoms with Crippen LogP contribution in [-0.4, -0.2) is 25.8 Å². The lowest BCUT2D eigenvalue weighted by atomic mass is 9.85. The highest BCUT2D eigenvalue weighted by Crippen LogP contribution is 2.19. The summed E-state index contributed by atoms with van der Waals surface area (Å²) in [7, 11) is 0. The van der Waals surface area contributed by atoms with E-state index in [9.17, 15) is 0 Å². The Balaban J connectivity index is 2.01. The Morgan fingerprint density at radius 2 is 1.88 bits per heavy atom. The van der Waals surface area contributed by atoms with Crippen LogP contribution in [0.25, 0.3) is 0 Å². The van der Waals surface area contributed by atoms with Crippen molar-refractivity contribution in [3.05, 3.63) is 0 Å². The first kappa shape index (κ1) is 15.0. The topological polar surface area (TPSA) is 21.3 Å². The van der Waals surface area contributed by atoms with Crippen LogP contribution >= 0.6 is 0 Å². The summed E-state index contributed by atoms with van der Waals surface area (Å²) in [5, 5.41) is 3.62. The summed E-state index contributed by atoms with van der Waals surface area (Å²) in [5.41, 5.74) is 0. The van der Waals surface area contributed by atoms with E-state index >= 15 is 0 Å². The molecule has 1 atom stereocenters. The maximum absolute atomic E-state index is 5.63. The van der Waals surface area contributed by atoms with Crippen LogP contribution < -0.4 is 5.32 Å². The van der Waals surface area contributed by atoms with E-state index in [1.54, 1.807) is 0 Å². The second-order valence-corrected chi connectivity index (χ2v) is 6.13. The molecule has 1 rings (SSSR count). The number of hydrogen-bond donors (Lipinski definition) is 1. The molecule has 0 amide bonds. The molecule has 1 unspecified atom stereocenters. The number of ether oxygens (including phenoxy) is 1. The minimum absolute atomic E-state index is 0.558. The molecule has 0 aromatic rings. The Hall–Kier alpha value is -0.0800. The van der Waals surface area contributed by atoms with Crippen LogP contribution in [0.3, 0.4) is 0 Å². The Bertz CT molecular complexity index is 177. The first-order valence-electron chi connectivity index (χ1n) is 7.43. The Morgan fingerprint density at radius 1 is 1.18 bits per heavy atom. The van der Waals surface area contributed by atoms with E-state index in [1.165, 1.54) is 32.2 Å². The number of nitrogens with one attached hydrogen (secondary N) is 1. The lowest BCUT2D eigenvalue weighted by molar-refractivity contribution is 0.102. The average molecular weight is 241 g/mol. The molecular weight excluding hydrogens is 210 g/mol. The highest BCUT2D eigenvalue weighted by Gasteiger charge is 2.17. The molecule has 0 saturated carbocycles. The zero-order valence-corrected chi connectivity index (χ0v) is 12.2. The van der Waals surface area contributed by atoms with Crippen LogP contribution in [0.4, 0.5) is 0 Å². The number of hydrogen-bond acceptors (Lipinski definition) is 2.